The number of hydrogen-bond donors (Lipinski definition) is 2. The molecule has 1 aromatic rings. The Hall–Kier alpha value is -1.24. The largest absolute Gasteiger partial charge is 0.496 e. The van der Waals surface area contributed by atoms with E-state index >= 15 is 0 Å². The second-order valence-corrected chi connectivity index (χ2v) is 5.08. The number of hydrogen-bond acceptors (Lipinski definition) is 2. The summed E-state index contributed by atoms with van der Waals surface area (Å²) in [6.45, 7) is 5.27. The lowest BCUT2D eigenvalue weighted by molar-refractivity contribution is 0.403. The topological polar surface area (TPSA) is 45.7 Å². The number of aliphatic imine (C=N–C) groups is 1. The second kappa shape index (κ2) is 8.26. The maximum Gasteiger partial charge on any atom is 0.191 e. The highest BCUT2D eigenvalue weighted by molar-refractivity contribution is 14.0. The van der Waals surface area contributed by atoms with Crippen molar-refractivity contribution in [2.75, 3.05) is 27.2 Å². The first-order chi connectivity index (χ1) is 9.75. The first-order valence-corrected chi connectivity index (χ1v) is 6.94. The third-order valence-corrected chi connectivity index (χ3v) is 3.76. The number of rotatable bonds is 6. The molecule has 0 heterocycles. The van der Waals surface area contributed by atoms with Gasteiger partial charge in [0.15, 0.2) is 5.96 Å². The van der Waals surface area contributed by atoms with Gasteiger partial charge in [0, 0.05) is 31.1 Å². The number of ether oxygens (including phenoxy) is 1. The Labute approximate surface area is 144 Å². The van der Waals surface area contributed by atoms with Gasteiger partial charge in [0.1, 0.15) is 5.75 Å². The smallest absolute Gasteiger partial charge is 0.191 e. The summed E-state index contributed by atoms with van der Waals surface area (Å²) in [7, 11) is 3.51. The SMILES string of the molecule is C=CCNC(=NC)NCC1(c2ccccc2OC)CC1.I. The van der Waals surface area contributed by atoms with Crippen molar-refractivity contribution < 1.29 is 4.74 Å². The Bertz CT molecular complexity index is 498. The van der Waals surface area contributed by atoms with E-state index in [-0.39, 0.29) is 29.4 Å². The lowest BCUT2D eigenvalue weighted by Crippen LogP contribution is -2.41. The first-order valence-electron chi connectivity index (χ1n) is 6.94. The van der Waals surface area contributed by atoms with E-state index in [1.54, 1.807) is 14.2 Å². The van der Waals surface area contributed by atoms with Crippen LogP contribution in [0.2, 0.25) is 0 Å². The lowest BCUT2D eigenvalue weighted by Gasteiger charge is -2.20. The standard InChI is InChI=1S/C16H23N3O.HI/c1-4-11-18-15(17-2)19-12-16(9-10-16)13-7-5-6-8-14(13)20-3;/h4-8H,1,9-12H2,2-3H3,(H2,17,18,19);1H. The molecule has 4 nitrogen and oxygen atoms in total. The molecule has 5 heteroatoms. The average Bonchev–Trinajstić information content (AvgIpc) is 3.28. The van der Waals surface area contributed by atoms with Crippen LogP contribution in [0.4, 0.5) is 0 Å². The summed E-state index contributed by atoms with van der Waals surface area (Å²) in [5.74, 6) is 1.78. The van der Waals surface area contributed by atoms with Crippen LogP contribution in [0.25, 0.3) is 0 Å². The summed E-state index contributed by atoms with van der Waals surface area (Å²) in [5, 5.41) is 6.58. The molecule has 0 aromatic heterocycles. The van der Waals surface area contributed by atoms with Gasteiger partial charge in [0.05, 0.1) is 7.11 Å². The van der Waals surface area contributed by atoms with E-state index in [9.17, 15) is 0 Å². The maximum atomic E-state index is 5.48. The molecule has 1 aromatic carbocycles. The molecule has 0 radical (unpaired) electrons. The van der Waals surface area contributed by atoms with Crippen LogP contribution in [0.5, 0.6) is 5.75 Å². The molecule has 0 unspecified atom stereocenters. The van der Waals surface area contributed by atoms with E-state index in [4.69, 9.17) is 4.74 Å². The van der Waals surface area contributed by atoms with E-state index in [1.807, 2.05) is 18.2 Å². The number of para-hydroxylation sites is 1. The molecule has 0 aliphatic heterocycles. The molecule has 21 heavy (non-hydrogen) atoms. The van der Waals surface area contributed by atoms with Crippen molar-refractivity contribution in [1.82, 2.24) is 10.6 Å². The molecule has 1 aliphatic rings. The first kappa shape index (κ1) is 17.8. The van der Waals surface area contributed by atoms with Crippen LogP contribution in [0.15, 0.2) is 41.9 Å². The molecule has 116 valence electrons. The maximum absolute atomic E-state index is 5.48. The van der Waals surface area contributed by atoms with Gasteiger partial charge in [-0.3, -0.25) is 4.99 Å². The summed E-state index contributed by atoms with van der Waals surface area (Å²) in [6, 6.07) is 8.27. The molecule has 2 rings (SSSR count). The normalized spacial score (nSPS) is 15.6. The third-order valence-electron chi connectivity index (χ3n) is 3.76. The van der Waals surface area contributed by atoms with Crippen molar-refractivity contribution >= 4 is 29.9 Å². The van der Waals surface area contributed by atoms with E-state index < -0.39 is 0 Å². The highest BCUT2D eigenvalue weighted by atomic mass is 127. The number of benzene rings is 1. The Morgan fingerprint density at radius 3 is 2.67 bits per heavy atom. The highest BCUT2D eigenvalue weighted by Crippen LogP contribution is 2.50. The van der Waals surface area contributed by atoms with Gasteiger partial charge in [-0.25, -0.2) is 0 Å². The molecule has 1 saturated carbocycles. The Morgan fingerprint density at radius 1 is 1.38 bits per heavy atom. The van der Waals surface area contributed by atoms with Crippen molar-refractivity contribution in [3.8, 4) is 5.75 Å². The third kappa shape index (κ3) is 4.36. The van der Waals surface area contributed by atoms with Crippen LogP contribution in [0, 0.1) is 0 Å². The summed E-state index contributed by atoms with van der Waals surface area (Å²) < 4.78 is 5.48. The zero-order valence-electron chi connectivity index (χ0n) is 12.7. The zero-order valence-corrected chi connectivity index (χ0v) is 15.0. The van der Waals surface area contributed by atoms with E-state index in [0.29, 0.717) is 6.54 Å². The van der Waals surface area contributed by atoms with Crippen LogP contribution >= 0.6 is 24.0 Å². The van der Waals surface area contributed by atoms with Crippen molar-refractivity contribution in [1.29, 1.82) is 0 Å². The van der Waals surface area contributed by atoms with E-state index in [0.717, 1.165) is 18.3 Å². The predicted octanol–water partition coefficient (Wildman–Crippen LogP) is 2.70. The molecule has 0 saturated heterocycles. The van der Waals surface area contributed by atoms with Gasteiger partial charge in [-0.05, 0) is 18.9 Å². The van der Waals surface area contributed by atoms with E-state index in [1.165, 1.54) is 18.4 Å². The molecule has 0 spiro atoms. The van der Waals surface area contributed by atoms with Gasteiger partial charge in [-0.2, -0.15) is 0 Å². The highest BCUT2D eigenvalue weighted by Gasteiger charge is 2.45. The van der Waals surface area contributed by atoms with E-state index in [2.05, 4.69) is 34.3 Å². The molecule has 0 atom stereocenters. The number of nitrogens with zero attached hydrogens (tertiary/aromatic N) is 1. The number of guanidine groups is 1. The van der Waals surface area contributed by atoms with Gasteiger partial charge in [0.2, 0.25) is 0 Å². The number of methoxy groups -OCH3 is 1. The van der Waals surface area contributed by atoms with Gasteiger partial charge >= 0.3 is 0 Å². The predicted molar refractivity (Wildman–Crippen MR) is 98.9 cm³/mol. The fraction of sp³-hybridized carbons (Fsp3) is 0.438. The summed E-state index contributed by atoms with van der Waals surface area (Å²) in [4.78, 5) is 4.21. The molecule has 1 fully saturated rings. The Balaban J connectivity index is 0.00000220. The fourth-order valence-electron chi connectivity index (χ4n) is 2.42. The van der Waals surface area contributed by atoms with Gasteiger partial charge in [-0.15, -0.1) is 30.6 Å². The molecule has 0 amide bonds. The van der Waals surface area contributed by atoms with Crippen LogP contribution in [0.1, 0.15) is 18.4 Å². The Kier molecular flexibility index (Phi) is 7.01. The zero-order chi connectivity index (χ0) is 14.4. The summed E-state index contributed by atoms with van der Waals surface area (Å²) >= 11 is 0. The average molecular weight is 401 g/mol. The van der Waals surface area contributed by atoms with Crippen molar-refractivity contribution in [2.24, 2.45) is 4.99 Å². The minimum absolute atomic E-state index is 0. The minimum Gasteiger partial charge on any atom is -0.496 e. The van der Waals surface area contributed by atoms with Crippen LogP contribution < -0.4 is 15.4 Å². The Morgan fingerprint density at radius 2 is 2.10 bits per heavy atom. The molecular weight excluding hydrogens is 377 g/mol. The molecule has 1 aliphatic carbocycles. The van der Waals surface area contributed by atoms with Crippen LogP contribution in [-0.2, 0) is 5.41 Å². The molecule has 2 N–H and O–H groups in total. The monoisotopic (exact) mass is 401 g/mol. The number of halogens is 1. The van der Waals surface area contributed by atoms with Gasteiger partial charge in [-0.1, -0.05) is 24.3 Å². The summed E-state index contributed by atoms with van der Waals surface area (Å²) in [5.41, 5.74) is 1.47. The quantitative estimate of drug-likeness (QED) is 0.334. The second-order valence-electron chi connectivity index (χ2n) is 5.08. The minimum atomic E-state index is 0. The lowest BCUT2D eigenvalue weighted by atomic mass is 9.95. The molecular formula is C16H24IN3O. The summed E-state index contributed by atoms with van der Waals surface area (Å²) in [6.07, 6.45) is 4.18. The molecule has 0 bridgehead atoms. The van der Waals surface area contributed by atoms with Gasteiger partial charge in [0.25, 0.3) is 0 Å². The van der Waals surface area contributed by atoms with Crippen molar-refractivity contribution in [3.63, 3.8) is 0 Å². The van der Waals surface area contributed by atoms with Gasteiger partial charge < -0.3 is 15.4 Å². The van der Waals surface area contributed by atoms with Crippen molar-refractivity contribution in [3.05, 3.63) is 42.5 Å². The van der Waals surface area contributed by atoms with Crippen molar-refractivity contribution in [2.45, 2.75) is 18.3 Å². The van der Waals surface area contributed by atoms with Crippen LogP contribution in [-0.4, -0.2) is 33.2 Å². The fourth-order valence-corrected chi connectivity index (χ4v) is 2.42. The number of nitrogens with one attached hydrogen (secondary N) is 2. The van der Waals surface area contributed by atoms with Crippen LogP contribution in [0.3, 0.4) is 0 Å².